The maximum Gasteiger partial charge on any atom is 0.372 e. The average Bonchev–Trinajstić information content (AvgIpc) is 2.55. The second kappa shape index (κ2) is 4.16. The Bertz CT molecular complexity index is 402. The monoisotopic (exact) mass is 212 g/mol. The van der Waals surface area contributed by atoms with E-state index in [0.29, 0.717) is 12.8 Å². The number of aromatic carboxylic acids is 2. The Morgan fingerprint density at radius 1 is 1.13 bits per heavy atom. The van der Waals surface area contributed by atoms with Crippen LogP contribution in [-0.4, -0.2) is 22.2 Å². The first-order chi connectivity index (χ1) is 7.02. The molecule has 0 aliphatic heterocycles. The second-order valence-corrected chi connectivity index (χ2v) is 3.03. The zero-order chi connectivity index (χ0) is 11.6. The van der Waals surface area contributed by atoms with Crippen molar-refractivity contribution < 1.29 is 24.2 Å². The maximum absolute atomic E-state index is 10.9. The molecule has 82 valence electrons. The van der Waals surface area contributed by atoms with Crippen molar-refractivity contribution in [3.8, 4) is 0 Å². The van der Waals surface area contributed by atoms with E-state index in [4.69, 9.17) is 14.6 Å². The number of rotatable bonds is 4. The van der Waals surface area contributed by atoms with Crippen LogP contribution in [0.2, 0.25) is 0 Å². The van der Waals surface area contributed by atoms with Crippen LogP contribution >= 0.6 is 0 Å². The Morgan fingerprint density at radius 3 is 2.07 bits per heavy atom. The third-order valence-electron chi connectivity index (χ3n) is 2.16. The van der Waals surface area contributed by atoms with E-state index in [1.165, 1.54) is 0 Å². The fourth-order valence-electron chi connectivity index (χ4n) is 1.53. The van der Waals surface area contributed by atoms with Crippen LogP contribution in [0.15, 0.2) is 4.42 Å². The molecule has 1 heterocycles. The SMILES string of the molecule is CCc1oc(C(=O)O)c(CC)c1C(=O)O. The standard InChI is InChI=1S/C10H12O5/c1-3-5-7(9(11)12)6(4-2)15-8(5)10(13)14/h3-4H2,1-2H3,(H,11,12)(H,13,14). The Hall–Kier alpha value is -1.78. The van der Waals surface area contributed by atoms with Gasteiger partial charge < -0.3 is 14.6 Å². The van der Waals surface area contributed by atoms with Crippen molar-refractivity contribution >= 4 is 11.9 Å². The number of carbonyl (C=O) groups is 2. The van der Waals surface area contributed by atoms with E-state index in [-0.39, 0.29) is 22.6 Å². The summed E-state index contributed by atoms with van der Waals surface area (Å²) in [6.07, 6.45) is 0.689. The van der Waals surface area contributed by atoms with Gasteiger partial charge in [-0.25, -0.2) is 9.59 Å². The largest absolute Gasteiger partial charge is 0.478 e. The van der Waals surface area contributed by atoms with Gasteiger partial charge in [0.1, 0.15) is 11.3 Å². The lowest BCUT2D eigenvalue weighted by Gasteiger charge is -1.96. The van der Waals surface area contributed by atoms with Gasteiger partial charge in [0.05, 0.1) is 0 Å². The van der Waals surface area contributed by atoms with Gasteiger partial charge >= 0.3 is 11.9 Å². The zero-order valence-corrected chi connectivity index (χ0v) is 8.53. The summed E-state index contributed by atoms with van der Waals surface area (Å²) in [5.74, 6) is -2.41. The first kappa shape index (κ1) is 11.3. The Labute approximate surface area is 86.3 Å². The maximum atomic E-state index is 10.9. The van der Waals surface area contributed by atoms with E-state index in [2.05, 4.69) is 0 Å². The van der Waals surface area contributed by atoms with Crippen molar-refractivity contribution in [2.75, 3.05) is 0 Å². The van der Waals surface area contributed by atoms with Crippen LogP contribution in [0.5, 0.6) is 0 Å². The van der Waals surface area contributed by atoms with Gasteiger partial charge in [0.2, 0.25) is 5.76 Å². The highest BCUT2D eigenvalue weighted by Gasteiger charge is 2.26. The molecule has 0 aliphatic carbocycles. The van der Waals surface area contributed by atoms with E-state index < -0.39 is 11.9 Å². The minimum absolute atomic E-state index is 0.00241. The highest BCUT2D eigenvalue weighted by molar-refractivity contribution is 5.96. The molecule has 1 aromatic heterocycles. The van der Waals surface area contributed by atoms with Crippen LogP contribution < -0.4 is 0 Å². The number of carboxylic acids is 2. The van der Waals surface area contributed by atoms with Gasteiger partial charge in [-0.15, -0.1) is 0 Å². The van der Waals surface area contributed by atoms with Crippen LogP contribution in [-0.2, 0) is 12.8 Å². The van der Waals surface area contributed by atoms with Gasteiger partial charge in [-0.05, 0) is 6.42 Å². The van der Waals surface area contributed by atoms with E-state index >= 15 is 0 Å². The topological polar surface area (TPSA) is 87.7 Å². The molecule has 0 radical (unpaired) electrons. The van der Waals surface area contributed by atoms with Crippen LogP contribution in [0.25, 0.3) is 0 Å². The quantitative estimate of drug-likeness (QED) is 0.794. The molecule has 0 spiro atoms. The minimum atomic E-state index is -1.23. The fraction of sp³-hybridized carbons (Fsp3) is 0.400. The van der Waals surface area contributed by atoms with Crippen LogP contribution in [0.3, 0.4) is 0 Å². The molecule has 0 saturated carbocycles. The van der Waals surface area contributed by atoms with E-state index in [0.717, 1.165) is 0 Å². The predicted octanol–water partition coefficient (Wildman–Crippen LogP) is 1.80. The molecule has 0 amide bonds. The fourth-order valence-corrected chi connectivity index (χ4v) is 1.53. The van der Waals surface area contributed by atoms with E-state index in [1.54, 1.807) is 13.8 Å². The molecule has 0 aliphatic rings. The lowest BCUT2D eigenvalue weighted by molar-refractivity contribution is 0.0655. The number of furan rings is 1. The molecule has 1 aromatic rings. The summed E-state index contributed by atoms with van der Waals surface area (Å²) in [5, 5.41) is 17.8. The molecular weight excluding hydrogens is 200 g/mol. The summed E-state index contributed by atoms with van der Waals surface area (Å²) >= 11 is 0. The van der Waals surface area contributed by atoms with Gasteiger partial charge in [-0.3, -0.25) is 0 Å². The predicted molar refractivity (Wildman–Crippen MR) is 51.4 cm³/mol. The summed E-state index contributed by atoms with van der Waals surface area (Å²) in [4.78, 5) is 21.7. The summed E-state index contributed by atoms with van der Waals surface area (Å²) in [5.41, 5.74) is 0.254. The lowest BCUT2D eigenvalue weighted by atomic mass is 10.1. The van der Waals surface area contributed by atoms with Crippen molar-refractivity contribution in [3.05, 3.63) is 22.6 Å². The molecule has 0 aromatic carbocycles. The van der Waals surface area contributed by atoms with Gasteiger partial charge in [0.15, 0.2) is 0 Å². The molecule has 5 nitrogen and oxygen atoms in total. The molecule has 15 heavy (non-hydrogen) atoms. The zero-order valence-electron chi connectivity index (χ0n) is 8.53. The highest BCUT2D eigenvalue weighted by Crippen LogP contribution is 2.24. The van der Waals surface area contributed by atoms with E-state index in [9.17, 15) is 9.59 Å². The molecule has 0 unspecified atom stereocenters. The van der Waals surface area contributed by atoms with Crippen molar-refractivity contribution in [1.82, 2.24) is 0 Å². The minimum Gasteiger partial charge on any atom is -0.478 e. The summed E-state index contributed by atoms with van der Waals surface area (Å²) in [6, 6.07) is 0. The molecule has 1 rings (SSSR count). The third-order valence-corrected chi connectivity index (χ3v) is 2.16. The van der Waals surface area contributed by atoms with Crippen molar-refractivity contribution in [2.24, 2.45) is 0 Å². The van der Waals surface area contributed by atoms with Crippen molar-refractivity contribution in [3.63, 3.8) is 0 Å². The normalized spacial score (nSPS) is 10.3. The lowest BCUT2D eigenvalue weighted by Crippen LogP contribution is -2.04. The molecule has 0 atom stereocenters. The molecule has 5 heteroatoms. The van der Waals surface area contributed by atoms with Gasteiger partial charge in [0, 0.05) is 12.0 Å². The van der Waals surface area contributed by atoms with Crippen LogP contribution in [0, 0.1) is 0 Å². The van der Waals surface area contributed by atoms with Gasteiger partial charge in [-0.1, -0.05) is 13.8 Å². The molecular formula is C10H12O5. The summed E-state index contributed by atoms with van der Waals surface area (Å²) in [6.45, 7) is 3.42. The average molecular weight is 212 g/mol. The van der Waals surface area contributed by atoms with Crippen molar-refractivity contribution in [1.29, 1.82) is 0 Å². The smallest absolute Gasteiger partial charge is 0.372 e. The van der Waals surface area contributed by atoms with E-state index in [1.807, 2.05) is 0 Å². The summed E-state index contributed by atoms with van der Waals surface area (Å²) in [7, 11) is 0. The van der Waals surface area contributed by atoms with Gasteiger partial charge in [0.25, 0.3) is 0 Å². The molecule has 0 saturated heterocycles. The number of carboxylic acid groups (broad SMARTS) is 2. The van der Waals surface area contributed by atoms with Crippen molar-refractivity contribution in [2.45, 2.75) is 26.7 Å². The first-order valence-corrected chi connectivity index (χ1v) is 4.64. The van der Waals surface area contributed by atoms with Gasteiger partial charge in [-0.2, -0.15) is 0 Å². The summed E-state index contributed by atoms with van der Waals surface area (Å²) < 4.78 is 5.03. The molecule has 0 fully saturated rings. The Balaban J connectivity index is 3.45. The number of aryl methyl sites for hydroxylation is 1. The van der Waals surface area contributed by atoms with Crippen LogP contribution in [0.1, 0.15) is 46.1 Å². The Kier molecular flexibility index (Phi) is 3.14. The molecule has 2 N–H and O–H groups in total. The Morgan fingerprint density at radius 2 is 1.73 bits per heavy atom. The molecule has 0 bridgehead atoms. The number of hydrogen-bond donors (Lipinski definition) is 2. The first-order valence-electron chi connectivity index (χ1n) is 4.64. The number of hydrogen-bond acceptors (Lipinski definition) is 3. The second-order valence-electron chi connectivity index (χ2n) is 3.03. The van der Waals surface area contributed by atoms with Crippen LogP contribution in [0.4, 0.5) is 0 Å². The third kappa shape index (κ3) is 1.86. The highest BCUT2D eigenvalue weighted by atomic mass is 16.4.